The number of hydrogen-bond donors (Lipinski definition) is 1. The third kappa shape index (κ3) is 1.40. The minimum Gasteiger partial charge on any atom is -0.330 e. The molecule has 1 aromatic carbocycles. The molecule has 3 unspecified atom stereocenters. The van der Waals surface area contributed by atoms with Gasteiger partial charge in [-0.05, 0) is 36.6 Å². The molecule has 2 aliphatic rings. The number of carbonyl (C=O) groups is 1. The number of benzene rings is 1. The summed E-state index contributed by atoms with van der Waals surface area (Å²) in [4.78, 5) is 14.0. The molecular formula is C12H13BrN2O. The van der Waals surface area contributed by atoms with Crippen molar-refractivity contribution in [3.8, 4) is 0 Å². The van der Waals surface area contributed by atoms with Gasteiger partial charge in [0, 0.05) is 22.6 Å². The summed E-state index contributed by atoms with van der Waals surface area (Å²) >= 11 is 3.42. The molecule has 0 aromatic heterocycles. The summed E-state index contributed by atoms with van der Waals surface area (Å²) in [5.41, 5.74) is 6.60. The molecule has 1 amide bonds. The molecule has 84 valence electrons. The Kier molecular flexibility index (Phi) is 2.30. The van der Waals surface area contributed by atoms with E-state index in [0.717, 1.165) is 16.7 Å². The van der Waals surface area contributed by atoms with Gasteiger partial charge in [0.05, 0.1) is 0 Å². The molecule has 16 heavy (non-hydrogen) atoms. The first-order chi connectivity index (χ1) is 7.72. The van der Waals surface area contributed by atoms with Gasteiger partial charge >= 0.3 is 0 Å². The molecule has 3 rings (SSSR count). The Morgan fingerprint density at radius 2 is 2.31 bits per heavy atom. The van der Waals surface area contributed by atoms with Crippen molar-refractivity contribution < 1.29 is 4.79 Å². The number of nitrogens with two attached hydrogens (primary N) is 1. The van der Waals surface area contributed by atoms with Crippen LogP contribution >= 0.6 is 15.9 Å². The number of piperidine rings is 1. The van der Waals surface area contributed by atoms with Crippen LogP contribution in [0.1, 0.15) is 0 Å². The van der Waals surface area contributed by atoms with Crippen molar-refractivity contribution in [3.63, 3.8) is 0 Å². The van der Waals surface area contributed by atoms with Gasteiger partial charge in [0.2, 0.25) is 5.91 Å². The molecule has 3 nitrogen and oxygen atoms in total. The summed E-state index contributed by atoms with van der Waals surface area (Å²) in [5, 5.41) is 0. The van der Waals surface area contributed by atoms with Gasteiger partial charge in [-0.3, -0.25) is 4.79 Å². The van der Waals surface area contributed by atoms with Crippen molar-refractivity contribution >= 4 is 27.5 Å². The zero-order valence-corrected chi connectivity index (χ0v) is 10.4. The summed E-state index contributed by atoms with van der Waals surface area (Å²) in [7, 11) is 0. The fraction of sp³-hybridized carbons (Fsp3) is 0.417. The molecule has 1 aliphatic carbocycles. The van der Waals surface area contributed by atoms with Crippen LogP contribution in [-0.4, -0.2) is 19.0 Å². The molecule has 0 radical (unpaired) electrons. The summed E-state index contributed by atoms with van der Waals surface area (Å²) < 4.78 is 1.01. The van der Waals surface area contributed by atoms with E-state index in [9.17, 15) is 4.79 Å². The first-order valence-corrected chi connectivity index (χ1v) is 6.28. The molecule has 1 saturated carbocycles. The summed E-state index contributed by atoms with van der Waals surface area (Å²) in [6, 6.07) is 7.88. The fourth-order valence-corrected chi connectivity index (χ4v) is 3.13. The lowest BCUT2D eigenvalue weighted by molar-refractivity contribution is -0.119. The van der Waals surface area contributed by atoms with Crippen LogP contribution in [0.5, 0.6) is 0 Å². The van der Waals surface area contributed by atoms with Gasteiger partial charge in [-0.1, -0.05) is 22.0 Å². The lowest BCUT2D eigenvalue weighted by Crippen LogP contribution is -2.31. The zero-order chi connectivity index (χ0) is 11.3. The highest BCUT2D eigenvalue weighted by atomic mass is 79.9. The van der Waals surface area contributed by atoms with Crippen LogP contribution < -0.4 is 10.6 Å². The maximum absolute atomic E-state index is 12.1. The average molecular weight is 281 g/mol. The number of hydrogen-bond acceptors (Lipinski definition) is 2. The second-order valence-electron chi connectivity index (χ2n) is 4.52. The average Bonchev–Trinajstić information content (AvgIpc) is 2.88. The van der Waals surface area contributed by atoms with E-state index < -0.39 is 0 Å². The zero-order valence-electron chi connectivity index (χ0n) is 8.77. The second-order valence-corrected chi connectivity index (χ2v) is 5.43. The number of nitrogens with zero attached hydrogens (tertiary/aromatic N) is 1. The predicted molar refractivity (Wildman–Crippen MR) is 66.0 cm³/mol. The van der Waals surface area contributed by atoms with Gasteiger partial charge in [-0.25, -0.2) is 0 Å². The smallest absolute Gasteiger partial charge is 0.230 e. The first kappa shape index (κ1) is 10.3. The van der Waals surface area contributed by atoms with Crippen LogP contribution in [0.15, 0.2) is 28.7 Å². The van der Waals surface area contributed by atoms with Crippen LogP contribution in [0.2, 0.25) is 0 Å². The van der Waals surface area contributed by atoms with Gasteiger partial charge in [-0.15, -0.1) is 0 Å². The molecule has 1 heterocycles. The van der Waals surface area contributed by atoms with E-state index in [1.165, 1.54) is 0 Å². The Labute approximate surface area is 103 Å². The van der Waals surface area contributed by atoms with E-state index in [-0.39, 0.29) is 11.8 Å². The van der Waals surface area contributed by atoms with E-state index in [1.54, 1.807) is 0 Å². The van der Waals surface area contributed by atoms with Gasteiger partial charge < -0.3 is 10.6 Å². The van der Waals surface area contributed by atoms with Crippen molar-refractivity contribution in [2.24, 2.45) is 23.5 Å². The number of rotatable bonds is 2. The minimum atomic E-state index is 0.198. The van der Waals surface area contributed by atoms with Gasteiger partial charge in [0.25, 0.3) is 0 Å². The minimum absolute atomic E-state index is 0.198. The highest BCUT2D eigenvalue weighted by Crippen LogP contribution is 2.52. The molecule has 4 heteroatoms. The SMILES string of the molecule is NCC1C2CN(c3cccc(Br)c3)C(=O)C12. The van der Waals surface area contributed by atoms with Crippen molar-refractivity contribution in [2.75, 3.05) is 18.0 Å². The van der Waals surface area contributed by atoms with Crippen molar-refractivity contribution in [2.45, 2.75) is 0 Å². The third-order valence-corrected chi connectivity index (χ3v) is 4.16. The van der Waals surface area contributed by atoms with Crippen LogP contribution in [0, 0.1) is 17.8 Å². The Balaban J connectivity index is 1.82. The van der Waals surface area contributed by atoms with Crippen molar-refractivity contribution in [1.82, 2.24) is 0 Å². The topological polar surface area (TPSA) is 46.3 Å². The number of fused-ring (bicyclic) bond motifs is 1. The number of halogens is 1. The summed E-state index contributed by atoms with van der Waals surface area (Å²) in [6.45, 7) is 1.48. The van der Waals surface area contributed by atoms with E-state index in [4.69, 9.17) is 5.73 Å². The fourth-order valence-electron chi connectivity index (χ4n) is 2.74. The molecule has 2 fully saturated rings. The van der Waals surface area contributed by atoms with Crippen molar-refractivity contribution in [1.29, 1.82) is 0 Å². The number of amides is 1. The van der Waals surface area contributed by atoms with E-state index >= 15 is 0 Å². The predicted octanol–water partition coefficient (Wildman–Crippen LogP) is 1.62. The maximum Gasteiger partial charge on any atom is 0.230 e. The molecule has 0 bridgehead atoms. The summed E-state index contributed by atoms with van der Waals surface area (Å²) in [5.74, 6) is 1.38. The molecular weight excluding hydrogens is 268 g/mol. The van der Waals surface area contributed by atoms with E-state index in [0.29, 0.717) is 18.4 Å². The normalized spacial score (nSPS) is 31.8. The van der Waals surface area contributed by atoms with E-state index in [2.05, 4.69) is 15.9 Å². The lowest BCUT2D eigenvalue weighted by atomic mass is 10.2. The van der Waals surface area contributed by atoms with Gasteiger partial charge in [0.1, 0.15) is 0 Å². The Morgan fingerprint density at radius 1 is 1.50 bits per heavy atom. The van der Waals surface area contributed by atoms with Crippen LogP contribution in [-0.2, 0) is 4.79 Å². The third-order valence-electron chi connectivity index (χ3n) is 3.67. The molecule has 3 atom stereocenters. The largest absolute Gasteiger partial charge is 0.330 e. The standard InChI is InChI=1S/C12H13BrN2O/c13-7-2-1-3-8(4-7)15-6-10-9(5-14)11(10)12(15)16/h1-4,9-11H,5-6,14H2. The van der Waals surface area contributed by atoms with E-state index in [1.807, 2.05) is 29.2 Å². The number of carbonyl (C=O) groups excluding carboxylic acids is 1. The Hall–Kier alpha value is -0.870. The Bertz CT molecular complexity index is 448. The number of anilines is 1. The lowest BCUT2D eigenvalue weighted by Gasteiger charge is -2.20. The maximum atomic E-state index is 12.1. The van der Waals surface area contributed by atoms with Gasteiger partial charge in [0.15, 0.2) is 0 Å². The second kappa shape index (κ2) is 3.57. The van der Waals surface area contributed by atoms with Crippen molar-refractivity contribution in [3.05, 3.63) is 28.7 Å². The Morgan fingerprint density at radius 3 is 2.88 bits per heavy atom. The molecule has 2 N–H and O–H groups in total. The summed E-state index contributed by atoms with van der Waals surface area (Å²) in [6.07, 6.45) is 0. The van der Waals surface area contributed by atoms with Crippen LogP contribution in [0.4, 0.5) is 5.69 Å². The highest BCUT2D eigenvalue weighted by Gasteiger charge is 2.60. The monoisotopic (exact) mass is 280 g/mol. The van der Waals surface area contributed by atoms with Gasteiger partial charge in [-0.2, -0.15) is 0 Å². The molecule has 1 aliphatic heterocycles. The van der Waals surface area contributed by atoms with Crippen LogP contribution in [0.25, 0.3) is 0 Å². The molecule has 1 aromatic rings. The van der Waals surface area contributed by atoms with Crippen LogP contribution in [0.3, 0.4) is 0 Å². The quantitative estimate of drug-likeness (QED) is 0.895. The highest BCUT2D eigenvalue weighted by molar-refractivity contribution is 9.10. The first-order valence-electron chi connectivity index (χ1n) is 5.49. The molecule has 1 saturated heterocycles. The molecule has 0 spiro atoms.